The third-order valence-electron chi connectivity index (χ3n) is 1.69. The molecule has 0 aromatic carbocycles. The van der Waals surface area contributed by atoms with Crippen molar-refractivity contribution in [2.45, 2.75) is 6.54 Å². The van der Waals surface area contributed by atoms with Crippen molar-refractivity contribution in [3.05, 3.63) is 23.7 Å². The van der Waals surface area contributed by atoms with Crippen molar-refractivity contribution in [3.8, 4) is 0 Å². The Balaban J connectivity index is 2.21. The molecule has 0 aliphatic carbocycles. The zero-order valence-corrected chi connectivity index (χ0v) is 8.43. The molecule has 1 heterocycles. The molecule has 0 fully saturated rings. The van der Waals surface area contributed by atoms with E-state index in [0.29, 0.717) is 18.8 Å². The summed E-state index contributed by atoms with van der Waals surface area (Å²) in [5.41, 5.74) is 4.75. The third-order valence-corrected chi connectivity index (χ3v) is 1.69. The first-order valence-corrected chi connectivity index (χ1v) is 4.54. The summed E-state index contributed by atoms with van der Waals surface area (Å²) >= 11 is 0. The number of hydrogen-bond acceptors (Lipinski definition) is 5. The van der Waals surface area contributed by atoms with Crippen LogP contribution in [0.3, 0.4) is 0 Å². The molecular formula is C9H12N2O5. The molecule has 4 N–H and O–H groups in total. The molecule has 0 aliphatic rings. The number of primary amides is 1. The predicted octanol–water partition coefficient (Wildman–Crippen LogP) is 0.163. The lowest BCUT2D eigenvalue weighted by Gasteiger charge is -2.02. The molecule has 88 valence electrons. The zero-order valence-electron chi connectivity index (χ0n) is 8.43. The summed E-state index contributed by atoms with van der Waals surface area (Å²) in [6.45, 7) is 0.920. The summed E-state index contributed by atoms with van der Waals surface area (Å²) in [6, 6.07) is 2.94. The Kier molecular flexibility index (Phi) is 4.34. The summed E-state index contributed by atoms with van der Waals surface area (Å²) in [5.74, 6) is -0.718. The number of carbonyl (C=O) groups is 2. The quantitative estimate of drug-likeness (QED) is 0.597. The fourth-order valence-electron chi connectivity index (χ4n) is 1.02. The van der Waals surface area contributed by atoms with Gasteiger partial charge in [0.05, 0.1) is 6.54 Å². The largest absolute Gasteiger partial charge is 0.475 e. The highest BCUT2D eigenvalue weighted by Gasteiger charge is 2.08. The minimum absolute atomic E-state index is 0.106. The number of furan rings is 1. The van der Waals surface area contributed by atoms with Gasteiger partial charge in [0.2, 0.25) is 5.76 Å². The summed E-state index contributed by atoms with van der Waals surface area (Å²) < 4.78 is 9.45. The molecule has 0 radical (unpaired) electrons. The van der Waals surface area contributed by atoms with Crippen LogP contribution in [0.2, 0.25) is 0 Å². The molecule has 1 rings (SSSR count). The van der Waals surface area contributed by atoms with Crippen LogP contribution in [-0.4, -0.2) is 30.3 Å². The van der Waals surface area contributed by atoms with E-state index in [1.165, 1.54) is 6.07 Å². The molecule has 16 heavy (non-hydrogen) atoms. The highest BCUT2D eigenvalue weighted by molar-refractivity contribution is 5.84. The Labute approximate surface area is 91.2 Å². The third kappa shape index (κ3) is 4.01. The van der Waals surface area contributed by atoms with E-state index < -0.39 is 12.1 Å². The van der Waals surface area contributed by atoms with Crippen molar-refractivity contribution in [3.63, 3.8) is 0 Å². The number of carboxylic acid groups (broad SMARTS) is 1. The fourth-order valence-corrected chi connectivity index (χ4v) is 1.02. The van der Waals surface area contributed by atoms with Crippen LogP contribution in [0, 0.1) is 0 Å². The lowest BCUT2D eigenvalue weighted by atomic mass is 10.4. The van der Waals surface area contributed by atoms with Gasteiger partial charge in [0.25, 0.3) is 0 Å². The average molecular weight is 228 g/mol. The van der Waals surface area contributed by atoms with Gasteiger partial charge in [-0.2, -0.15) is 0 Å². The Hall–Kier alpha value is -2.02. The highest BCUT2D eigenvalue weighted by Crippen LogP contribution is 2.06. The second-order valence-electron chi connectivity index (χ2n) is 2.92. The van der Waals surface area contributed by atoms with E-state index in [2.05, 4.69) is 10.1 Å². The Morgan fingerprint density at radius 1 is 1.50 bits per heavy atom. The number of nitrogens with two attached hydrogens (primary N) is 1. The van der Waals surface area contributed by atoms with Crippen molar-refractivity contribution in [2.75, 3.05) is 13.2 Å². The maximum atomic E-state index is 10.5. The first-order chi connectivity index (χ1) is 7.59. The molecule has 0 atom stereocenters. The van der Waals surface area contributed by atoms with E-state index in [4.69, 9.17) is 15.3 Å². The van der Waals surface area contributed by atoms with Crippen LogP contribution in [0.25, 0.3) is 0 Å². The van der Waals surface area contributed by atoms with Crippen LogP contribution >= 0.6 is 0 Å². The number of carboxylic acids is 1. The molecule has 0 saturated heterocycles. The molecule has 0 aliphatic heterocycles. The van der Waals surface area contributed by atoms with Crippen molar-refractivity contribution >= 4 is 12.1 Å². The van der Waals surface area contributed by atoms with Crippen molar-refractivity contribution in [1.82, 2.24) is 5.32 Å². The topological polar surface area (TPSA) is 115 Å². The van der Waals surface area contributed by atoms with E-state index in [1.54, 1.807) is 6.07 Å². The van der Waals surface area contributed by atoms with Gasteiger partial charge in [-0.05, 0) is 12.1 Å². The molecule has 1 aromatic rings. The second kappa shape index (κ2) is 5.76. The molecular weight excluding hydrogens is 216 g/mol. The first-order valence-electron chi connectivity index (χ1n) is 4.54. The van der Waals surface area contributed by atoms with Gasteiger partial charge in [0.1, 0.15) is 12.4 Å². The molecule has 1 aromatic heterocycles. The van der Waals surface area contributed by atoms with Crippen molar-refractivity contribution < 1.29 is 23.8 Å². The number of ether oxygens (including phenoxy) is 1. The van der Waals surface area contributed by atoms with Crippen LogP contribution < -0.4 is 11.1 Å². The standard InChI is InChI=1S/C9H12N2O5/c10-9(14)15-4-3-11-5-6-1-2-7(16-6)8(12)13/h1-2,11H,3-5H2,(H2,10,14)(H,12,13). The van der Waals surface area contributed by atoms with E-state index in [9.17, 15) is 9.59 Å². The van der Waals surface area contributed by atoms with Gasteiger partial charge < -0.3 is 25.3 Å². The van der Waals surface area contributed by atoms with Crippen LogP contribution in [0.5, 0.6) is 0 Å². The Morgan fingerprint density at radius 3 is 2.81 bits per heavy atom. The number of nitrogens with one attached hydrogen (secondary N) is 1. The number of carbonyl (C=O) groups excluding carboxylic acids is 1. The highest BCUT2D eigenvalue weighted by atomic mass is 16.5. The van der Waals surface area contributed by atoms with E-state index >= 15 is 0 Å². The van der Waals surface area contributed by atoms with Crippen LogP contribution in [-0.2, 0) is 11.3 Å². The normalized spacial score (nSPS) is 10.0. The average Bonchev–Trinajstić information content (AvgIpc) is 2.65. The maximum absolute atomic E-state index is 10.5. The van der Waals surface area contributed by atoms with Crippen LogP contribution in [0.1, 0.15) is 16.3 Å². The van der Waals surface area contributed by atoms with Gasteiger partial charge in [0, 0.05) is 6.54 Å². The lowest BCUT2D eigenvalue weighted by molar-refractivity contribution is 0.0660. The summed E-state index contributed by atoms with van der Waals surface area (Å²) in [4.78, 5) is 20.7. The zero-order chi connectivity index (χ0) is 12.0. The van der Waals surface area contributed by atoms with Gasteiger partial charge >= 0.3 is 12.1 Å². The summed E-state index contributed by atoms with van der Waals surface area (Å²) in [6.07, 6.45) is -0.826. The van der Waals surface area contributed by atoms with Gasteiger partial charge in [-0.15, -0.1) is 0 Å². The molecule has 7 heteroatoms. The number of aromatic carboxylic acids is 1. The van der Waals surface area contributed by atoms with E-state index in [0.717, 1.165) is 0 Å². The molecule has 0 bridgehead atoms. The van der Waals surface area contributed by atoms with Gasteiger partial charge in [-0.1, -0.05) is 0 Å². The summed E-state index contributed by atoms with van der Waals surface area (Å²) in [7, 11) is 0. The minimum atomic E-state index is -1.11. The monoisotopic (exact) mass is 228 g/mol. The van der Waals surface area contributed by atoms with E-state index in [-0.39, 0.29) is 12.4 Å². The van der Waals surface area contributed by atoms with Gasteiger partial charge in [-0.25, -0.2) is 9.59 Å². The number of hydrogen-bond donors (Lipinski definition) is 3. The van der Waals surface area contributed by atoms with Gasteiger partial charge in [0.15, 0.2) is 0 Å². The van der Waals surface area contributed by atoms with Crippen LogP contribution in [0.15, 0.2) is 16.5 Å². The first kappa shape index (κ1) is 12.1. The molecule has 0 spiro atoms. The lowest BCUT2D eigenvalue weighted by Crippen LogP contribution is -2.23. The van der Waals surface area contributed by atoms with E-state index in [1.807, 2.05) is 0 Å². The summed E-state index contributed by atoms with van der Waals surface area (Å²) in [5, 5.41) is 11.5. The Morgan fingerprint density at radius 2 is 2.25 bits per heavy atom. The van der Waals surface area contributed by atoms with Gasteiger partial charge in [-0.3, -0.25) is 0 Å². The molecule has 7 nitrogen and oxygen atoms in total. The Bertz CT molecular complexity index is 374. The maximum Gasteiger partial charge on any atom is 0.404 e. The molecule has 0 saturated carbocycles. The molecule has 0 unspecified atom stereocenters. The minimum Gasteiger partial charge on any atom is -0.475 e. The van der Waals surface area contributed by atoms with Crippen molar-refractivity contribution in [2.24, 2.45) is 5.73 Å². The van der Waals surface area contributed by atoms with Crippen molar-refractivity contribution in [1.29, 1.82) is 0 Å². The molecule has 1 amide bonds. The van der Waals surface area contributed by atoms with Crippen LogP contribution in [0.4, 0.5) is 4.79 Å². The second-order valence-corrected chi connectivity index (χ2v) is 2.92. The number of rotatable bonds is 6. The SMILES string of the molecule is NC(=O)OCCNCc1ccc(C(=O)O)o1. The number of amides is 1. The smallest absolute Gasteiger partial charge is 0.404 e. The fraction of sp³-hybridized carbons (Fsp3) is 0.333. The predicted molar refractivity (Wildman–Crippen MR) is 52.9 cm³/mol.